The molecule has 0 bridgehead atoms. The summed E-state index contributed by atoms with van der Waals surface area (Å²) in [6.07, 6.45) is 1.55. The highest BCUT2D eigenvalue weighted by Gasteiger charge is 2.20. The van der Waals surface area contributed by atoms with E-state index in [1.165, 1.54) is 16.8 Å². The Balaban J connectivity index is 1.44. The SMILES string of the molecule is O=C(N/N=C/c1ccccc1Cl)c1ccc2c(c1)CN(c1ccccc1)C2. The summed E-state index contributed by atoms with van der Waals surface area (Å²) < 4.78 is 0. The molecule has 1 amide bonds. The molecule has 0 fully saturated rings. The van der Waals surface area contributed by atoms with E-state index in [4.69, 9.17) is 11.6 Å². The van der Waals surface area contributed by atoms with Crippen LogP contribution in [0.25, 0.3) is 0 Å². The first-order chi connectivity index (χ1) is 13.2. The normalized spacial score (nSPS) is 13.0. The fourth-order valence-corrected chi connectivity index (χ4v) is 3.35. The smallest absolute Gasteiger partial charge is 0.271 e. The number of hydrogen-bond donors (Lipinski definition) is 1. The van der Waals surface area contributed by atoms with Crippen molar-refractivity contribution in [3.8, 4) is 0 Å². The second kappa shape index (κ2) is 7.64. The van der Waals surface area contributed by atoms with Crippen molar-refractivity contribution < 1.29 is 4.79 Å². The first-order valence-corrected chi connectivity index (χ1v) is 9.08. The molecule has 0 spiro atoms. The van der Waals surface area contributed by atoms with Gasteiger partial charge in [-0.1, -0.05) is 54.1 Å². The van der Waals surface area contributed by atoms with Crippen molar-refractivity contribution in [2.75, 3.05) is 4.90 Å². The minimum atomic E-state index is -0.237. The molecular weight excluding hydrogens is 358 g/mol. The topological polar surface area (TPSA) is 44.7 Å². The van der Waals surface area contributed by atoms with Crippen LogP contribution in [-0.2, 0) is 13.1 Å². The van der Waals surface area contributed by atoms with E-state index in [0.29, 0.717) is 10.6 Å². The van der Waals surface area contributed by atoms with Crippen LogP contribution in [0.4, 0.5) is 5.69 Å². The summed E-state index contributed by atoms with van der Waals surface area (Å²) in [5.74, 6) is -0.237. The molecule has 1 heterocycles. The molecule has 0 radical (unpaired) electrons. The summed E-state index contributed by atoms with van der Waals surface area (Å²) in [5.41, 5.74) is 7.52. The van der Waals surface area contributed by atoms with Crippen LogP contribution in [0.5, 0.6) is 0 Å². The van der Waals surface area contributed by atoms with Crippen LogP contribution in [-0.4, -0.2) is 12.1 Å². The summed E-state index contributed by atoms with van der Waals surface area (Å²) in [7, 11) is 0. The third kappa shape index (κ3) is 3.86. The maximum atomic E-state index is 12.4. The van der Waals surface area contributed by atoms with Gasteiger partial charge in [0.1, 0.15) is 0 Å². The summed E-state index contributed by atoms with van der Waals surface area (Å²) in [6.45, 7) is 1.65. The van der Waals surface area contributed by atoms with Crippen molar-refractivity contribution in [3.63, 3.8) is 0 Å². The van der Waals surface area contributed by atoms with Gasteiger partial charge in [-0.2, -0.15) is 5.10 Å². The Kier molecular flexibility index (Phi) is 4.90. The van der Waals surface area contributed by atoms with Gasteiger partial charge in [0.05, 0.1) is 6.21 Å². The van der Waals surface area contributed by atoms with Crippen molar-refractivity contribution in [2.45, 2.75) is 13.1 Å². The summed E-state index contributed by atoms with van der Waals surface area (Å²) in [5, 5.41) is 4.61. The molecule has 1 N–H and O–H groups in total. The molecule has 3 aromatic carbocycles. The van der Waals surface area contributed by atoms with Gasteiger partial charge in [0.15, 0.2) is 0 Å². The zero-order chi connectivity index (χ0) is 18.6. The standard InChI is InChI=1S/C22H18ClN3O/c23-21-9-5-4-6-17(21)13-24-25-22(27)16-10-11-18-14-26(15-19(18)12-16)20-7-2-1-3-8-20/h1-13H,14-15H2,(H,25,27)/b24-13+. The zero-order valence-electron chi connectivity index (χ0n) is 14.6. The van der Waals surface area contributed by atoms with E-state index < -0.39 is 0 Å². The number of carbonyl (C=O) groups excluding carboxylic acids is 1. The van der Waals surface area contributed by atoms with E-state index in [1.54, 1.807) is 12.3 Å². The number of carbonyl (C=O) groups is 1. The molecule has 0 aliphatic carbocycles. The Hall–Kier alpha value is -3.11. The summed E-state index contributed by atoms with van der Waals surface area (Å²) in [4.78, 5) is 14.7. The molecule has 134 valence electrons. The van der Waals surface area contributed by atoms with Crippen LogP contribution in [0.3, 0.4) is 0 Å². The van der Waals surface area contributed by atoms with Gasteiger partial charge in [-0.05, 0) is 41.5 Å². The Morgan fingerprint density at radius 1 is 0.963 bits per heavy atom. The molecule has 3 aromatic rings. The highest BCUT2D eigenvalue weighted by molar-refractivity contribution is 6.33. The zero-order valence-corrected chi connectivity index (χ0v) is 15.4. The van der Waals surface area contributed by atoms with Gasteiger partial charge in [0, 0.05) is 34.9 Å². The number of hydrazone groups is 1. The van der Waals surface area contributed by atoms with Crippen LogP contribution in [0.15, 0.2) is 77.9 Å². The lowest BCUT2D eigenvalue weighted by atomic mass is 10.1. The predicted molar refractivity (Wildman–Crippen MR) is 109 cm³/mol. The monoisotopic (exact) mass is 375 g/mol. The third-order valence-corrected chi connectivity index (χ3v) is 4.93. The molecule has 27 heavy (non-hydrogen) atoms. The maximum Gasteiger partial charge on any atom is 0.271 e. The number of rotatable bonds is 4. The van der Waals surface area contributed by atoms with Gasteiger partial charge >= 0.3 is 0 Å². The second-order valence-electron chi connectivity index (χ2n) is 6.40. The molecule has 0 atom stereocenters. The van der Waals surface area contributed by atoms with Gasteiger partial charge in [0.2, 0.25) is 0 Å². The summed E-state index contributed by atoms with van der Waals surface area (Å²) in [6, 6.07) is 23.4. The fourth-order valence-electron chi connectivity index (χ4n) is 3.16. The molecule has 1 aliphatic rings. The molecule has 0 unspecified atom stereocenters. The minimum absolute atomic E-state index is 0.237. The van der Waals surface area contributed by atoms with E-state index in [1.807, 2.05) is 54.6 Å². The van der Waals surface area contributed by atoms with Crippen molar-refractivity contribution in [1.82, 2.24) is 5.43 Å². The Morgan fingerprint density at radius 3 is 2.52 bits per heavy atom. The number of hydrogen-bond acceptors (Lipinski definition) is 3. The van der Waals surface area contributed by atoms with Gasteiger partial charge in [-0.3, -0.25) is 4.79 Å². The lowest BCUT2D eigenvalue weighted by molar-refractivity contribution is 0.0955. The summed E-state index contributed by atoms with van der Waals surface area (Å²) >= 11 is 6.08. The van der Waals surface area contributed by atoms with E-state index in [2.05, 4.69) is 27.6 Å². The Labute approximate surface area is 163 Å². The molecule has 1 aliphatic heterocycles. The molecule has 0 saturated heterocycles. The fraction of sp³-hybridized carbons (Fsp3) is 0.0909. The van der Waals surface area contributed by atoms with Crippen LogP contribution >= 0.6 is 11.6 Å². The van der Waals surface area contributed by atoms with Crippen molar-refractivity contribution in [1.29, 1.82) is 0 Å². The number of para-hydroxylation sites is 1. The van der Waals surface area contributed by atoms with Crippen LogP contribution in [0, 0.1) is 0 Å². The number of amides is 1. The van der Waals surface area contributed by atoms with E-state index >= 15 is 0 Å². The molecule has 0 aromatic heterocycles. The molecule has 4 rings (SSSR count). The first kappa shape index (κ1) is 17.3. The van der Waals surface area contributed by atoms with Gasteiger partial charge in [-0.25, -0.2) is 5.43 Å². The molecule has 5 heteroatoms. The molecule has 4 nitrogen and oxygen atoms in total. The minimum Gasteiger partial charge on any atom is -0.363 e. The average Bonchev–Trinajstić information content (AvgIpc) is 3.13. The molecular formula is C22H18ClN3O. The van der Waals surface area contributed by atoms with E-state index in [-0.39, 0.29) is 5.91 Å². The van der Waals surface area contributed by atoms with Crippen LogP contribution < -0.4 is 10.3 Å². The number of anilines is 1. The quantitative estimate of drug-likeness (QED) is 0.534. The maximum absolute atomic E-state index is 12.4. The Bertz CT molecular complexity index is 1000. The largest absolute Gasteiger partial charge is 0.363 e. The average molecular weight is 376 g/mol. The number of nitrogens with one attached hydrogen (secondary N) is 1. The van der Waals surface area contributed by atoms with Gasteiger partial charge in [-0.15, -0.1) is 0 Å². The first-order valence-electron chi connectivity index (χ1n) is 8.70. The van der Waals surface area contributed by atoms with Crippen molar-refractivity contribution >= 4 is 29.4 Å². The van der Waals surface area contributed by atoms with Crippen LogP contribution in [0.1, 0.15) is 27.0 Å². The number of fused-ring (bicyclic) bond motifs is 1. The van der Waals surface area contributed by atoms with Crippen molar-refractivity contribution in [3.05, 3.63) is 100 Å². The van der Waals surface area contributed by atoms with Gasteiger partial charge < -0.3 is 4.90 Å². The highest BCUT2D eigenvalue weighted by Crippen LogP contribution is 2.28. The predicted octanol–water partition coefficient (Wildman–Crippen LogP) is 4.62. The van der Waals surface area contributed by atoms with Crippen molar-refractivity contribution in [2.24, 2.45) is 5.10 Å². The second-order valence-corrected chi connectivity index (χ2v) is 6.80. The number of nitrogens with zero attached hydrogens (tertiary/aromatic N) is 2. The van der Waals surface area contributed by atoms with Gasteiger partial charge in [0.25, 0.3) is 5.91 Å². The number of halogens is 1. The van der Waals surface area contributed by atoms with E-state index in [0.717, 1.165) is 18.7 Å². The molecule has 0 saturated carbocycles. The van der Waals surface area contributed by atoms with E-state index in [9.17, 15) is 4.79 Å². The highest BCUT2D eigenvalue weighted by atomic mass is 35.5. The van der Waals surface area contributed by atoms with Crippen LogP contribution in [0.2, 0.25) is 5.02 Å². The lowest BCUT2D eigenvalue weighted by Crippen LogP contribution is -2.18. The number of benzene rings is 3. The Morgan fingerprint density at radius 2 is 1.70 bits per heavy atom. The third-order valence-electron chi connectivity index (χ3n) is 4.59. The lowest BCUT2D eigenvalue weighted by Gasteiger charge is -2.17.